The maximum absolute atomic E-state index is 12.2. The predicted molar refractivity (Wildman–Crippen MR) is 99.4 cm³/mol. The molecule has 1 aromatic heterocycles. The third-order valence-electron chi connectivity index (χ3n) is 3.64. The van der Waals surface area contributed by atoms with Gasteiger partial charge in [-0.3, -0.25) is 4.79 Å². The van der Waals surface area contributed by atoms with Crippen molar-refractivity contribution in [1.82, 2.24) is 4.98 Å². The highest BCUT2D eigenvalue weighted by molar-refractivity contribution is 7.14. The fourth-order valence-electron chi connectivity index (χ4n) is 2.34. The lowest BCUT2D eigenvalue weighted by Crippen LogP contribution is -2.14. The minimum atomic E-state index is -0.100. The maximum atomic E-state index is 12.2. The number of nitrogens with one attached hydrogen (secondary N) is 1. The van der Waals surface area contributed by atoms with Gasteiger partial charge in [0.15, 0.2) is 5.13 Å². The molecule has 128 valence electrons. The molecule has 0 radical (unpaired) electrons. The van der Waals surface area contributed by atoms with E-state index in [1.165, 1.54) is 11.3 Å². The SMILES string of the molecule is COc1ccc(CC(=O)Nc2nc(-c3cccc(OC)c3)cs2)cc1. The molecule has 5 nitrogen and oxygen atoms in total. The van der Waals surface area contributed by atoms with E-state index in [0.29, 0.717) is 5.13 Å². The summed E-state index contributed by atoms with van der Waals surface area (Å²) in [7, 11) is 3.25. The number of aromatic nitrogens is 1. The summed E-state index contributed by atoms with van der Waals surface area (Å²) < 4.78 is 10.3. The van der Waals surface area contributed by atoms with E-state index in [-0.39, 0.29) is 12.3 Å². The Labute approximate surface area is 150 Å². The minimum Gasteiger partial charge on any atom is -0.497 e. The first kappa shape index (κ1) is 17.0. The largest absolute Gasteiger partial charge is 0.497 e. The van der Waals surface area contributed by atoms with E-state index < -0.39 is 0 Å². The second-order valence-electron chi connectivity index (χ2n) is 5.34. The Morgan fingerprint density at radius 1 is 1.08 bits per heavy atom. The first-order chi connectivity index (χ1) is 12.2. The first-order valence-electron chi connectivity index (χ1n) is 7.70. The number of anilines is 1. The van der Waals surface area contributed by atoms with Gasteiger partial charge in [-0.15, -0.1) is 11.3 Å². The summed E-state index contributed by atoms with van der Waals surface area (Å²) in [5.74, 6) is 1.44. The number of carbonyl (C=O) groups excluding carboxylic acids is 1. The maximum Gasteiger partial charge on any atom is 0.230 e. The van der Waals surface area contributed by atoms with Crippen molar-refractivity contribution in [3.05, 3.63) is 59.5 Å². The molecule has 1 heterocycles. The van der Waals surface area contributed by atoms with Crippen molar-refractivity contribution in [3.8, 4) is 22.8 Å². The summed E-state index contributed by atoms with van der Waals surface area (Å²) in [5.41, 5.74) is 2.68. The van der Waals surface area contributed by atoms with Gasteiger partial charge in [0.25, 0.3) is 0 Å². The van der Waals surface area contributed by atoms with Crippen molar-refractivity contribution in [3.63, 3.8) is 0 Å². The van der Waals surface area contributed by atoms with Crippen LogP contribution in [-0.2, 0) is 11.2 Å². The zero-order valence-electron chi connectivity index (χ0n) is 14.0. The van der Waals surface area contributed by atoms with E-state index in [2.05, 4.69) is 10.3 Å². The van der Waals surface area contributed by atoms with Gasteiger partial charge in [-0.05, 0) is 29.8 Å². The molecule has 0 aliphatic heterocycles. The van der Waals surface area contributed by atoms with Crippen molar-refractivity contribution in [1.29, 1.82) is 0 Å². The topological polar surface area (TPSA) is 60.5 Å². The number of nitrogens with zero attached hydrogens (tertiary/aromatic N) is 1. The first-order valence-corrected chi connectivity index (χ1v) is 8.58. The summed E-state index contributed by atoms with van der Waals surface area (Å²) in [4.78, 5) is 16.7. The van der Waals surface area contributed by atoms with Gasteiger partial charge in [-0.1, -0.05) is 24.3 Å². The summed E-state index contributed by atoms with van der Waals surface area (Å²) in [6.45, 7) is 0. The van der Waals surface area contributed by atoms with Gasteiger partial charge in [-0.25, -0.2) is 4.98 Å². The third-order valence-corrected chi connectivity index (χ3v) is 4.40. The Morgan fingerprint density at radius 3 is 2.56 bits per heavy atom. The normalized spacial score (nSPS) is 10.3. The number of hydrogen-bond acceptors (Lipinski definition) is 5. The molecule has 1 amide bonds. The lowest BCUT2D eigenvalue weighted by Gasteiger charge is -2.04. The standard InChI is InChI=1S/C19H18N2O3S/c1-23-15-8-6-13(7-9-15)10-18(22)21-19-20-17(12-25-19)14-4-3-5-16(11-14)24-2/h3-9,11-12H,10H2,1-2H3,(H,20,21,22). The monoisotopic (exact) mass is 354 g/mol. The molecule has 0 atom stereocenters. The van der Waals surface area contributed by atoms with Crippen LogP contribution in [0.3, 0.4) is 0 Å². The zero-order chi connectivity index (χ0) is 17.6. The van der Waals surface area contributed by atoms with Gasteiger partial charge < -0.3 is 14.8 Å². The third kappa shape index (κ3) is 4.36. The van der Waals surface area contributed by atoms with Crippen LogP contribution in [0.1, 0.15) is 5.56 Å². The Kier molecular flexibility index (Phi) is 5.30. The van der Waals surface area contributed by atoms with E-state index in [4.69, 9.17) is 9.47 Å². The molecule has 0 unspecified atom stereocenters. The van der Waals surface area contributed by atoms with Crippen LogP contribution in [-0.4, -0.2) is 25.1 Å². The van der Waals surface area contributed by atoms with Gasteiger partial charge in [0.2, 0.25) is 5.91 Å². The van der Waals surface area contributed by atoms with Crippen molar-refractivity contribution in [2.45, 2.75) is 6.42 Å². The highest BCUT2D eigenvalue weighted by Gasteiger charge is 2.09. The molecule has 6 heteroatoms. The molecule has 0 spiro atoms. The molecular formula is C19H18N2O3S. The predicted octanol–water partition coefficient (Wildman–Crippen LogP) is 4.01. The van der Waals surface area contributed by atoms with E-state index in [0.717, 1.165) is 28.3 Å². The number of rotatable bonds is 6. The molecule has 25 heavy (non-hydrogen) atoms. The van der Waals surface area contributed by atoms with Gasteiger partial charge in [0.1, 0.15) is 11.5 Å². The molecular weight excluding hydrogens is 336 g/mol. The van der Waals surface area contributed by atoms with E-state index in [1.54, 1.807) is 14.2 Å². The Balaban J connectivity index is 1.64. The highest BCUT2D eigenvalue weighted by Crippen LogP contribution is 2.27. The lowest BCUT2D eigenvalue weighted by atomic mass is 10.1. The van der Waals surface area contributed by atoms with Crippen molar-refractivity contribution < 1.29 is 14.3 Å². The second-order valence-corrected chi connectivity index (χ2v) is 6.20. The molecule has 2 aromatic carbocycles. The summed E-state index contributed by atoms with van der Waals surface area (Å²) in [5, 5.41) is 5.34. The van der Waals surface area contributed by atoms with Crippen LogP contribution < -0.4 is 14.8 Å². The Bertz CT molecular complexity index is 859. The zero-order valence-corrected chi connectivity index (χ0v) is 14.8. The van der Waals surface area contributed by atoms with E-state index >= 15 is 0 Å². The summed E-state index contributed by atoms with van der Waals surface area (Å²) in [6.07, 6.45) is 0.290. The van der Waals surface area contributed by atoms with Crippen LogP contribution in [0.15, 0.2) is 53.9 Å². The number of benzene rings is 2. The quantitative estimate of drug-likeness (QED) is 0.727. The molecule has 0 bridgehead atoms. The van der Waals surface area contributed by atoms with E-state index in [9.17, 15) is 4.79 Å². The van der Waals surface area contributed by atoms with Crippen molar-refractivity contribution >= 4 is 22.4 Å². The molecule has 0 aliphatic carbocycles. The van der Waals surface area contributed by atoms with Crippen LogP contribution in [0.5, 0.6) is 11.5 Å². The number of ether oxygens (including phenoxy) is 2. The summed E-state index contributed by atoms with van der Waals surface area (Å²) >= 11 is 1.40. The number of hydrogen-bond donors (Lipinski definition) is 1. The summed E-state index contributed by atoms with van der Waals surface area (Å²) in [6, 6.07) is 15.1. The average molecular weight is 354 g/mol. The van der Waals surface area contributed by atoms with Crippen molar-refractivity contribution in [2.75, 3.05) is 19.5 Å². The van der Waals surface area contributed by atoms with Crippen LogP contribution in [0.2, 0.25) is 0 Å². The molecule has 0 saturated heterocycles. The minimum absolute atomic E-state index is 0.100. The Hall–Kier alpha value is -2.86. The van der Waals surface area contributed by atoms with Gasteiger partial charge in [-0.2, -0.15) is 0 Å². The molecule has 0 saturated carbocycles. The van der Waals surface area contributed by atoms with Crippen LogP contribution >= 0.6 is 11.3 Å². The molecule has 3 rings (SSSR count). The van der Waals surface area contributed by atoms with Crippen LogP contribution in [0, 0.1) is 0 Å². The van der Waals surface area contributed by atoms with Crippen LogP contribution in [0.4, 0.5) is 5.13 Å². The number of amides is 1. The van der Waals surface area contributed by atoms with Gasteiger partial charge in [0.05, 0.1) is 26.3 Å². The van der Waals surface area contributed by atoms with Crippen LogP contribution in [0.25, 0.3) is 11.3 Å². The smallest absolute Gasteiger partial charge is 0.230 e. The number of carbonyl (C=O) groups is 1. The van der Waals surface area contributed by atoms with Gasteiger partial charge in [0, 0.05) is 10.9 Å². The average Bonchev–Trinajstić information content (AvgIpc) is 3.10. The second kappa shape index (κ2) is 7.81. The molecule has 0 fully saturated rings. The molecule has 0 aliphatic rings. The lowest BCUT2D eigenvalue weighted by molar-refractivity contribution is -0.115. The van der Waals surface area contributed by atoms with Gasteiger partial charge >= 0.3 is 0 Å². The fourth-order valence-corrected chi connectivity index (χ4v) is 3.07. The number of methoxy groups -OCH3 is 2. The molecule has 3 aromatic rings. The van der Waals surface area contributed by atoms with Crippen molar-refractivity contribution in [2.24, 2.45) is 0 Å². The van der Waals surface area contributed by atoms with E-state index in [1.807, 2.05) is 53.9 Å². The highest BCUT2D eigenvalue weighted by atomic mass is 32.1. The molecule has 1 N–H and O–H groups in total. The fraction of sp³-hybridized carbons (Fsp3) is 0.158. The number of thiazole rings is 1. The Morgan fingerprint density at radius 2 is 1.84 bits per heavy atom.